The second-order valence-corrected chi connectivity index (χ2v) is 6.57. The molecule has 0 radical (unpaired) electrons. The molecule has 1 saturated carbocycles. The summed E-state index contributed by atoms with van der Waals surface area (Å²) in [5, 5.41) is 12.4. The van der Waals surface area contributed by atoms with Crippen LogP contribution in [0.5, 0.6) is 5.75 Å². The lowest BCUT2D eigenvalue weighted by Gasteiger charge is -2.10. The Morgan fingerprint density at radius 1 is 1.59 bits per heavy atom. The topological polar surface area (TPSA) is 49.3 Å². The van der Waals surface area contributed by atoms with E-state index in [9.17, 15) is 9.90 Å². The van der Waals surface area contributed by atoms with Gasteiger partial charge in [0.05, 0.1) is 3.57 Å². The van der Waals surface area contributed by atoms with Crippen molar-refractivity contribution in [2.75, 3.05) is 6.54 Å². The average molecular weight is 410 g/mol. The van der Waals surface area contributed by atoms with Gasteiger partial charge in [0, 0.05) is 16.9 Å². The summed E-state index contributed by atoms with van der Waals surface area (Å²) < 4.78 is 0.746. The molecule has 5 heteroatoms. The molecule has 1 atom stereocenters. The maximum Gasteiger partial charge on any atom is 0.251 e. The molecule has 17 heavy (non-hydrogen) atoms. The van der Waals surface area contributed by atoms with Gasteiger partial charge >= 0.3 is 0 Å². The van der Waals surface area contributed by atoms with Gasteiger partial charge in [0.25, 0.3) is 5.91 Å². The van der Waals surface area contributed by atoms with Gasteiger partial charge in [0.2, 0.25) is 0 Å². The van der Waals surface area contributed by atoms with Crippen LogP contribution < -0.4 is 5.32 Å². The molecule has 1 amide bonds. The van der Waals surface area contributed by atoms with Crippen molar-refractivity contribution in [1.29, 1.82) is 0 Å². The van der Waals surface area contributed by atoms with Crippen molar-refractivity contribution in [3.05, 3.63) is 27.3 Å². The van der Waals surface area contributed by atoms with Gasteiger partial charge in [0.1, 0.15) is 5.75 Å². The number of nitrogens with one attached hydrogen (secondary N) is 1. The molecule has 2 rings (SSSR count). The Hall–Kier alpha value is -0.300. The lowest BCUT2D eigenvalue weighted by Crippen LogP contribution is -2.30. The van der Waals surface area contributed by atoms with Gasteiger partial charge in [-0.25, -0.2) is 0 Å². The highest BCUT2D eigenvalue weighted by molar-refractivity contribution is 14.1. The fourth-order valence-electron chi connectivity index (χ4n) is 1.57. The zero-order valence-electron chi connectivity index (χ0n) is 9.12. The number of phenols is 1. The van der Waals surface area contributed by atoms with E-state index in [0.717, 1.165) is 3.57 Å². The van der Waals surface area contributed by atoms with Crippen LogP contribution in [-0.2, 0) is 0 Å². The molecule has 2 N–H and O–H groups in total. The quantitative estimate of drug-likeness (QED) is 0.593. The smallest absolute Gasteiger partial charge is 0.251 e. The molecular formula is C12H13BrINO2. The van der Waals surface area contributed by atoms with Crippen molar-refractivity contribution in [2.24, 2.45) is 5.92 Å². The molecular weight excluding hydrogens is 397 g/mol. The second-order valence-electron chi connectivity index (χ2n) is 4.23. The first-order valence-corrected chi connectivity index (χ1v) is 7.48. The number of carbonyl (C=O) groups excluding carboxylic acids is 1. The molecule has 0 bridgehead atoms. The minimum absolute atomic E-state index is 0.137. The molecule has 0 heterocycles. The number of hydrogen-bond donors (Lipinski definition) is 2. The molecule has 1 fully saturated rings. The molecule has 92 valence electrons. The van der Waals surface area contributed by atoms with Gasteiger partial charge in [-0.15, -0.1) is 0 Å². The predicted octanol–water partition coefficient (Wildman–Crippen LogP) is 2.90. The number of carbonyl (C=O) groups is 1. The number of phenolic OH excluding ortho intramolecular Hbond substituents is 1. The number of amides is 1. The van der Waals surface area contributed by atoms with E-state index in [2.05, 4.69) is 21.2 Å². The number of aromatic hydroxyl groups is 1. The predicted molar refractivity (Wildman–Crippen MR) is 78.6 cm³/mol. The molecule has 1 aliphatic carbocycles. The van der Waals surface area contributed by atoms with Crippen molar-refractivity contribution in [3.63, 3.8) is 0 Å². The highest BCUT2D eigenvalue weighted by Crippen LogP contribution is 2.36. The molecule has 0 aliphatic heterocycles. The van der Waals surface area contributed by atoms with Gasteiger partial charge < -0.3 is 10.4 Å². The number of halogens is 2. The lowest BCUT2D eigenvalue weighted by molar-refractivity contribution is 0.0953. The molecule has 1 aromatic rings. The molecule has 1 aromatic carbocycles. The number of hydrogen-bond acceptors (Lipinski definition) is 2. The molecule has 1 aliphatic rings. The zero-order chi connectivity index (χ0) is 12.4. The van der Waals surface area contributed by atoms with Gasteiger partial charge in [0.15, 0.2) is 0 Å². The molecule has 0 spiro atoms. The fourth-order valence-corrected chi connectivity index (χ4v) is 2.60. The third-order valence-corrected chi connectivity index (χ3v) is 4.78. The zero-order valence-corrected chi connectivity index (χ0v) is 12.9. The standard InChI is InChI=1S/C12H13BrINO2/c13-9(7-1-2-7)6-15-12(17)8-3-4-10(14)11(16)5-8/h3-5,7,9,16H,1-2,6H2,(H,15,17). The van der Waals surface area contributed by atoms with E-state index in [1.54, 1.807) is 12.1 Å². The van der Waals surface area contributed by atoms with Crippen molar-refractivity contribution in [3.8, 4) is 5.75 Å². The number of rotatable bonds is 4. The largest absolute Gasteiger partial charge is 0.507 e. The second kappa shape index (κ2) is 5.56. The van der Waals surface area contributed by atoms with Crippen LogP contribution in [0.25, 0.3) is 0 Å². The Labute approximate surface area is 122 Å². The summed E-state index contributed by atoms with van der Waals surface area (Å²) in [6.07, 6.45) is 2.49. The monoisotopic (exact) mass is 409 g/mol. The number of alkyl halides is 1. The van der Waals surface area contributed by atoms with Gasteiger partial charge in [-0.05, 0) is 59.5 Å². The highest BCUT2D eigenvalue weighted by Gasteiger charge is 2.29. The normalized spacial score (nSPS) is 16.6. The van der Waals surface area contributed by atoms with Gasteiger partial charge in [-0.2, -0.15) is 0 Å². The third-order valence-electron chi connectivity index (χ3n) is 2.80. The third kappa shape index (κ3) is 3.58. The summed E-state index contributed by atoms with van der Waals surface area (Å²) in [7, 11) is 0. The molecule has 0 aromatic heterocycles. The van der Waals surface area contributed by atoms with E-state index >= 15 is 0 Å². The minimum atomic E-state index is -0.137. The van der Waals surface area contributed by atoms with E-state index in [1.807, 2.05) is 22.6 Å². The van der Waals surface area contributed by atoms with E-state index in [0.29, 0.717) is 22.9 Å². The maximum atomic E-state index is 11.8. The van der Waals surface area contributed by atoms with Crippen LogP contribution >= 0.6 is 38.5 Å². The minimum Gasteiger partial charge on any atom is -0.507 e. The Kier molecular flexibility index (Phi) is 4.30. The Bertz CT molecular complexity index is 435. The summed E-state index contributed by atoms with van der Waals surface area (Å²) in [5.74, 6) is 0.720. The summed E-state index contributed by atoms with van der Waals surface area (Å²) in [5.41, 5.74) is 0.499. The SMILES string of the molecule is O=C(NCC(Br)C1CC1)c1ccc(I)c(O)c1. The van der Waals surface area contributed by atoms with Crippen molar-refractivity contribution in [2.45, 2.75) is 17.7 Å². The maximum absolute atomic E-state index is 11.8. The van der Waals surface area contributed by atoms with Crippen molar-refractivity contribution in [1.82, 2.24) is 5.32 Å². The highest BCUT2D eigenvalue weighted by atomic mass is 127. The Morgan fingerprint density at radius 2 is 2.29 bits per heavy atom. The summed E-state index contributed by atoms with van der Waals surface area (Å²) in [4.78, 5) is 12.2. The van der Waals surface area contributed by atoms with Crippen molar-refractivity contribution < 1.29 is 9.90 Å². The van der Waals surface area contributed by atoms with Crippen LogP contribution in [0.3, 0.4) is 0 Å². The van der Waals surface area contributed by atoms with Crippen LogP contribution in [0, 0.1) is 9.49 Å². The first-order valence-electron chi connectivity index (χ1n) is 5.48. The lowest BCUT2D eigenvalue weighted by atomic mass is 10.2. The van der Waals surface area contributed by atoms with Crippen LogP contribution in [0.4, 0.5) is 0 Å². The van der Waals surface area contributed by atoms with Crippen molar-refractivity contribution >= 4 is 44.4 Å². The van der Waals surface area contributed by atoms with Crippen LogP contribution in [-0.4, -0.2) is 22.4 Å². The van der Waals surface area contributed by atoms with E-state index < -0.39 is 0 Å². The summed E-state index contributed by atoms with van der Waals surface area (Å²) in [6, 6.07) is 4.95. The summed E-state index contributed by atoms with van der Waals surface area (Å²) >= 11 is 5.59. The van der Waals surface area contributed by atoms with E-state index in [1.165, 1.54) is 18.9 Å². The van der Waals surface area contributed by atoms with Crippen LogP contribution in [0.1, 0.15) is 23.2 Å². The van der Waals surface area contributed by atoms with Gasteiger partial charge in [-0.3, -0.25) is 4.79 Å². The molecule has 0 saturated heterocycles. The first-order chi connectivity index (χ1) is 8.08. The van der Waals surface area contributed by atoms with Crippen LogP contribution in [0.2, 0.25) is 0 Å². The average Bonchev–Trinajstić information content (AvgIpc) is 3.13. The molecule has 3 nitrogen and oxygen atoms in total. The first kappa shape index (κ1) is 13.1. The summed E-state index contributed by atoms with van der Waals surface area (Å²) in [6.45, 7) is 0.635. The van der Waals surface area contributed by atoms with Crippen LogP contribution in [0.15, 0.2) is 18.2 Å². The fraction of sp³-hybridized carbons (Fsp3) is 0.417. The van der Waals surface area contributed by atoms with E-state index in [4.69, 9.17) is 0 Å². The molecule has 1 unspecified atom stereocenters. The Morgan fingerprint density at radius 3 is 2.88 bits per heavy atom. The Balaban J connectivity index is 1.92. The van der Waals surface area contributed by atoms with Gasteiger partial charge in [-0.1, -0.05) is 15.9 Å². The van der Waals surface area contributed by atoms with E-state index in [-0.39, 0.29) is 11.7 Å². The number of benzene rings is 1.